The number of nitrogens with one attached hydrogen (secondary N) is 1. The van der Waals surface area contributed by atoms with Crippen LogP contribution in [0.4, 0.5) is 0 Å². The van der Waals surface area contributed by atoms with Crippen molar-refractivity contribution in [1.82, 2.24) is 10.4 Å². The molecule has 0 aliphatic rings. The van der Waals surface area contributed by atoms with Crippen molar-refractivity contribution in [1.29, 1.82) is 0 Å². The molecule has 0 saturated heterocycles. The highest BCUT2D eigenvalue weighted by molar-refractivity contribution is 6.32. The minimum absolute atomic E-state index is 0.0110. The Balaban J connectivity index is 2.04. The first-order valence-electron chi connectivity index (χ1n) is 5.92. The molecule has 0 aliphatic carbocycles. The number of pyridine rings is 1. The van der Waals surface area contributed by atoms with E-state index in [1.807, 2.05) is 0 Å². The van der Waals surface area contributed by atoms with Crippen LogP contribution < -0.4 is 10.2 Å². The summed E-state index contributed by atoms with van der Waals surface area (Å²) in [4.78, 5) is 15.6. The molecule has 2 rings (SSSR count). The van der Waals surface area contributed by atoms with Crippen LogP contribution in [0.3, 0.4) is 0 Å². The molecule has 21 heavy (non-hydrogen) atoms. The Morgan fingerprint density at radius 2 is 2.29 bits per heavy atom. The smallest absolute Gasteiger partial charge is 0.274 e. The first-order valence-corrected chi connectivity index (χ1v) is 6.30. The molecule has 0 saturated carbocycles. The number of hydrazone groups is 1. The van der Waals surface area contributed by atoms with Gasteiger partial charge in [0, 0.05) is 6.20 Å². The fraction of sp³-hybridized carbons (Fsp3) is 0.0714. The van der Waals surface area contributed by atoms with E-state index in [9.17, 15) is 9.90 Å². The quantitative estimate of drug-likeness (QED) is 0.515. The number of benzene rings is 1. The number of aromatic hydroxyl groups is 1. The molecule has 0 bridgehead atoms. The van der Waals surface area contributed by atoms with Crippen molar-refractivity contribution < 1.29 is 14.6 Å². The summed E-state index contributed by atoms with van der Waals surface area (Å²) in [6.07, 6.45) is 2.88. The van der Waals surface area contributed by atoms with Crippen molar-refractivity contribution in [2.45, 2.75) is 0 Å². The van der Waals surface area contributed by atoms with E-state index in [0.717, 1.165) is 0 Å². The van der Waals surface area contributed by atoms with Gasteiger partial charge in [-0.1, -0.05) is 11.6 Å². The summed E-state index contributed by atoms with van der Waals surface area (Å²) >= 11 is 5.80. The maximum atomic E-state index is 11.8. The fourth-order valence-electron chi connectivity index (χ4n) is 1.57. The fourth-order valence-corrected chi connectivity index (χ4v) is 1.77. The summed E-state index contributed by atoms with van der Waals surface area (Å²) in [6, 6.07) is 7.89. The summed E-state index contributed by atoms with van der Waals surface area (Å²) in [5, 5.41) is 13.5. The van der Waals surface area contributed by atoms with Gasteiger partial charge in [-0.15, -0.1) is 0 Å². The molecule has 1 heterocycles. The van der Waals surface area contributed by atoms with Gasteiger partial charge < -0.3 is 9.84 Å². The maximum absolute atomic E-state index is 11.8. The van der Waals surface area contributed by atoms with E-state index in [2.05, 4.69) is 15.5 Å². The van der Waals surface area contributed by atoms with Crippen molar-refractivity contribution >= 4 is 23.7 Å². The first-order chi connectivity index (χ1) is 10.1. The molecule has 0 spiro atoms. The Morgan fingerprint density at radius 3 is 2.95 bits per heavy atom. The normalized spacial score (nSPS) is 10.6. The number of nitrogens with zero attached hydrogens (tertiary/aromatic N) is 2. The van der Waals surface area contributed by atoms with Crippen molar-refractivity contribution in [2.24, 2.45) is 5.10 Å². The number of carbonyl (C=O) groups excluding carboxylic acids is 1. The molecule has 0 radical (unpaired) electrons. The van der Waals surface area contributed by atoms with Gasteiger partial charge in [0.1, 0.15) is 5.15 Å². The largest absolute Gasteiger partial charge is 0.504 e. The van der Waals surface area contributed by atoms with Gasteiger partial charge in [-0.05, 0) is 35.9 Å². The van der Waals surface area contributed by atoms with Gasteiger partial charge in [0.2, 0.25) is 0 Å². The predicted octanol–water partition coefficient (Wildman–Crippen LogP) is 2.21. The molecule has 108 valence electrons. The number of ether oxygens (including phenoxy) is 1. The van der Waals surface area contributed by atoms with E-state index in [1.54, 1.807) is 24.3 Å². The van der Waals surface area contributed by atoms with Crippen LogP contribution >= 0.6 is 11.6 Å². The number of hydrogen-bond donors (Lipinski definition) is 2. The highest BCUT2D eigenvalue weighted by Crippen LogP contribution is 2.25. The van der Waals surface area contributed by atoms with Crippen LogP contribution in [-0.4, -0.2) is 29.3 Å². The van der Waals surface area contributed by atoms with Crippen LogP contribution in [0.25, 0.3) is 0 Å². The van der Waals surface area contributed by atoms with Gasteiger partial charge in [0.05, 0.1) is 18.9 Å². The lowest BCUT2D eigenvalue weighted by Gasteiger charge is -2.03. The molecule has 0 aliphatic heterocycles. The second kappa shape index (κ2) is 6.71. The van der Waals surface area contributed by atoms with E-state index in [4.69, 9.17) is 16.3 Å². The van der Waals surface area contributed by atoms with Crippen LogP contribution in [0, 0.1) is 0 Å². The average molecular weight is 306 g/mol. The molecule has 1 aromatic heterocycles. The third-order valence-corrected chi connectivity index (χ3v) is 2.89. The van der Waals surface area contributed by atoms with E-state index in [-0.39, 0.29) is 16.5 Å². The molecule has 0 fully saturated rings. The van der Waals surface area contributed by atoms with E-state index in [1.165, 1.54) is 25.6 Å². The number of hydrogen-bond acceptors (Lipinski definition) is 5. The molecule has 0 unspecified atom stereocenters. The van der Waals surface area contributed by atoms with Gasteiger partial charge in [0.15, 0.2) is 11.5 Å². The highest BCUT2D eigenvalue weighted by Gasteiger charge is 2.09. The van der Waals surface area contributed by atoms with Gasteiger partial charge in [0.25, 0.3) is 5.91 Å². The number of phenolic OH excluding ortho intramolecular Hbond substituents is 1. The Kier molecular flexibility index (Phi) is 4.73. The summed E-state index contributed by atoms with van der Waals surface area (Å²) < 4.78 is 4.93. The van der Waals surface area contributed by atoms with Gasteiger partial charge in [-0.3, -0.25) is 4.79 Å². The van der Waals surface area contributed by atoms with E-state index < -0.39 is 5.91 Å². The third-order valence-electron chi connectivity index (χ3n) is 2.59. The standard InChI is InChI=1S/C14H12ClN3O3/c1-21-12-5-4-9(7-11(12)19)8-17-18-14(20)10-3-2-6-16-13(10)15/h2-8,19H,1H3,(H,18,20). The maximum Gasteiger partial charge on any atom is 0.274 e. The van der Waals surface area contributed by atoms with Crippen LogP contribution in [-0.2, 0) is 0 Å². The molecule has 2 aromatic rings. The molecule has 7 heteroatoms. The average Bonchev–Trinajstić information content (AvgIpc) is 2.48. The van der Waals surface area contributed by atoms with Gasteiger partial charge >= 0.3 is 0 Å². The van der Waals surface area contributed by atoms with E-state index >= 15 is 0 Å². The Bertz CT molecular complexity index is 689. The van der Waals surface area contributed by atoms with Gasteiger partial charge in [-0.2, -0.15) is 5.10 Å². The predicted molar refractivity (Wildman–Crippen MR) is 79.0 cm³/mol. The van der Waals surface area contributed by atoms with Crippen LogP contribution in [0.15, 0.2) is 41.6 Å². The number of phenols is 1. The van der Waals surface area contributed by atoms with Crippen LogP contribution in [0.5, 0.6) is 11.5 Å². The number of amides is 1. The SMILES string of the molecule is COc1ccc(C=NNC(=O)c2cccnc2Cl)cc1O. The first kappa shape index (κ1) is 14.8. The lowest BCUT2D eigenvalue weighted by Crippen LogP contribution is -2.18. The van der Waals surface area contributed by atoms with Crippen molar-refractivity contribution in [3.05, 3.63) is 52.8 Å². The van der Waals surface area contributed by atoms with Gasteiger partial charge in [-0.25, -0.2) is 10.4 Å². The summed E-state index contributed by atoms with van der Waals surface area (Å²) in [5.74, 6) is -0.122. The Hall–Kier alpha value is -2.60. The number of carbonyl (C=O) groups is 1. The zero-order chi connectivity index (χ0) is 15.2. The molecular weight excluding hydrogens is 294 g/mol. The Morgan fingerprint density at radius 1 is 1.48 bits per heavy atom. The number of methoxy groups -OCH3 is 1. The molecular formula is C14H12ClN3O3. The lowest BCUT2D eigenvalue weighted by atomic mass is 10.2. The van der Waals surface area contributed by atoms with Crippen molar-refractivity contribution in [2.75, 3.05) is 7.11 Å². The monoisotopic (exact) mass is 305 g/mol. The third kappa shape index (κ3) is 3.70. The minimum atomic E-state index is -0.470. The van der Waals surface area contributed by atoms with Crippen molar-refractivity contribution in [3.8, 4) is 11.5 Å². The number of halogens is 1. The number of rotatable bonds is 4. The summed E-state index contributed by atoms with van der Waals surface area (Å²) in [5.41, 5.74) is 3.16. The number of aromatic nitrogens is 1. The van der Waals surface area contributed by atoms with E-state index in [0.29, 0.717) is 11.3 Å². The molecule has 1 amide bonds. The van der Waals surface area contributed by atoms with Crippen LogP contribution in [0.1, 0.15) is 15.9 Å². The molecule has 0 atom stereocenters. The minimum Gasteiger partial charge on any atom is -0.504 e. The zero-order valence-electron chi connectivity index (χ0n) is 11.1. The highest BCUT2D eigenvalue weighted by atomic mass is 35.5. The van der Waals surface area contributed by atoms with Crippen LogP contribution in [0.2, 0.25) is 5.15 Å². The molecule has 2 N–H and O–H groups in total. The Labute approximate surface area is 126 Å². The molecule has 1 aromatic carbocycles. The second-order valence-corrected chi connectivity index (χ2v) is 4.33. The lowest BCUT2D eigenvalue weighted by molar-refractivity contribution is 0.0955. The topological polar surface area (TPSA) is 83.8 Å². The zero-order valence-corrected chi connectivity index (χ0v) is 11.8. The summed E-state index contributed by atoms with van der Waals surface area (Å²) in [6.45, 7) is 0. The second-order valence-electron chi connectivity index (χ2n) is 3.97. The molecule has 6 nitrogen and oxygen atoms in total. The summed E-state index contributed by atoms with van der Waals surface area (Å²) in [7, 11) is 1.46. The van der Waals surface area contributed by atoms with Crippen molar-refractivity contribution in [3.63, 3.8) is 0 Å².